The molecular weight excluding hydrogens is 290 g/mol. The van der Waals surface area contributed by atoms with Crippen molar-refractivity contribution in [1.82, 2.24) is 10.1 Å². The number of aryl methyl sites for hydroxylation is 2. The summed E-state index contributed by atoms with van der Waals surface area (Å²) in [5, 5.41) is 3.88. The van der Waals surface area contributed by atoms with Gasteiger partial charge in [-0.05, 0) is 18.4 Å². The molecule has 1 heterocycles. The van der Waals surface area contributed by atoms with Gasteiger partial charge in [0.05, 0.1) is 11.8 Å². The number of sulfone groups is 1. The number of hydrogen-bond acceptors (Lipinski definition) is 6. The lowest BCUT2D eigenvalue weighted by Crippen LogP contribution is -2.16. The van der Waals surface area contributed by atoms with Crippen LogP contribution in [0.5, 0.6) is 0 Å². The first-order valence-electron chi connectivity index (χ1n) is 6.74. The molecule has 7 heteroatoms. The van der Waals surface area contributed by atoms with Gasteiger partial charge in [-0.15, -0.1) is 0 Å². The maximum absolute atomic E-state index is 11.1. The Balaban J connectivity index is 1.89. The average molecular weight is 309 g/mol. The number of aromatic nitrogens is 2. The van der Waals surface area contributed by atoms with Crippen LogP contribution in [0.1, 0.15) is 29.7 Å². The summed E-state index contributed by atoms with van der Waals surface area (Å²) in [6.45, 7) is 0. The molecule has 0 aliphatic heterocycles. The second kappa shape index (κ2) is 6.82. The highest BCUT2D eigenvalue weighted by Gasteiger charge is 2.16. The van der Waals surface area contributed by atoms with Crippen molar-refractivity contribution in [3.8, 4) is 0 Å². The highest BCUT2D eigenvalue weighted by molar-refractivity contribution is 7.90. The Morgan fingerprint density at radius 2 is 1.95 bits per heavy atom. The van der Waals surface area contributed by atoms with Crippen LogP contribution in [-0.2, 0) is 22.7 Å². The molecule has 1 aromatic carbocycles. The summed E-state index contributed by atoms with van der Waals surface area (Å²) in [7, 11) is -3.04. The fourth-order valence-corrected chi connectivity index (χ4v) is 2.57. The van der Waals surface area contributed by atoms with E-state index in [9.17, 15) is 8.42 Å². The molecule has 0 bridgehead atoms. The molecular formula is C14H19N3O3S. The Bertz CT molecular complexity index is 668. The summed E-state index contributed by atoms with van der Waals surface area (Å²) in [5.41, 5.74) is 7.06. The van der Waals surface area contributed by atoms with Gasteiger partial charge in [-0.1, -0.05) is 35.5 Å². The molecule has 0 aliphatic rings. The van der Waals surface area contributed by atoms with Gasteiger partial charge in [-0.3, -0.25) is 0 Å². The fourth-order valence-electron chi connectivity index (χ4n) is 1.88. The zero-order chi connectivity index (χ0) is 15.3. The van der Waals surface area contributed by atoms with Crippen molar-refractivity contribution in [2.75, 3.05) is 12.0 Å². The van der Waals surface area contributed by atoms with Crippen LogP contribution in [0.15, 0.2) is 34.9 Å². The fraction of sp³-hybridized carbons (Fsp3) is 0.429. The quantitative estimate of drug-likeness (QED) is 0.827. The molecule has 0 spiro atoms. The predicted octanol–water partition coefficient (Wildman–Crippen LogP) is 1.29. The molecule has 0 amide bonds. The minimum absolute atomic E-state index is 0.00982. The van der Waals surface area contributed by atoms with Crippen LogP contribution in [0.4, 0.5) is 0 Å². The van der Waals surface area contributed by atoms with Gasteiger partial charge in [0.25, 0.3) is 0 Å². The van der Waals surface area contributed by atoms with E-state index in [0.717, 1.165) is 6.42 Å². The predicted molar refractivity (Wildman–Crippen MR) is 79.4 cm³/mol. The minimum Gasteiger partial charge on any atom is -0.338 e. The third-order valence-electron chi connectivity index (χ3n) is 3.08. The Kier molecular flexibility index (Phi) is 5.08. The number of benzene rings is 1. The molecule has 0 saturated heterocycles. The molecule has 2 rings (SSSR count). The third-order valence-corrected chi connectivity index (χ3v) is 4.06. The summed E-state index contributed by atoms with van der Waals surface area (Å²) in [5.74, 6) is 0.890. The summed E-state index contributed by atoms with van der Waals surface area (Å²) in [4.78, 5) is 4.23. The molecule has 6 nitrogen and oxygen atoms in total. The molecule has 0 radical (unpaired) electrons. The van der Waals surface area contributed by atoms with Gasteiger partial charge in [0, 0.05) is 12.7 Å². The van der Waals surface area contributed by atoms with Gasteiger partial charge in [-0.25, -0.2) is 8.42 Å². The van der Waals surface area contributed by atoms with Crippen LogP contribution in [0.25, 0.3) is 0 Å². The normalized spacial score (nSPS) is 13.2. The molecule has 1 aromatic heterocycles. The van der Waals surface area contributed by atoms with Crippen molar-refractivity contribution in [1.29, 1.82) is 0 Å². The van der Waals surface area contributed by atoms with Gasteiger partial charge in [0.1, 0.15) is 9.84 Å². The lowest BCUT2D eigenvalue weighted by Gasteiger charge is -2.04. The monoisotopic (exact) mass is 309 g/mol. The lowest BCUT2D eigenvalue weighted by atomic mass is 10.1. The van der Waals surface area contributed by atoms with Gasteiger partial charge in [-0.2, -0.15) is 4.98 Å². The summed E-state index contributed by atoms with van der Waals surface area (Å²) in [6, 6.07) is 9.47. The van der Waals surface area contributed by atoms with Gasteiger partial charge < -0.3 is 10.3 Å². The van der Waals surface area contributed by atoms with Gasteiger partial charge in [0.15, 0.2) is 5.82 Å². The smallest absolute Gasteiger partial charge is 0.243 e. The van der Waals surface area contributed by atoms with Crippen molar-refractivity contribution >= 4 is 9.84 Å². The Hall–Kier alpha value is -1.73. The van der Waals surface area contributed by atoms with Crippen molar-refractivity contribution < 1.29 is 12.9 Å². The molecule has 0 aliphatic carbocycles. The summed E-state index contributed by atoms with van der Waals surface area (Å²) >= 11 is 0. The molecule has 2 aromatic rings. The zero-order valence-electron chi connectivity index (χ0n) is 11.9. The van der Waals surface area contributed by atoms with E-state index >= 15 is 0 Å². The van der Waals surface area contributed by atoms with Crippen molar-refractivity contribution in [2.24, 2.45) is 5.73 Å². The average Bonchev–Trinajstić information content (AvgIpc) is 2.92. The highest BCUT2D eigenvalue weighted by Crippen LogP contribution is 2.13. The van der Waals surface area contributed by atoms with E-state index < -0.39 is 15.9 Å². The van der Waals surface area contributed by atoms with Crippen LogP contribution in [0.2, 0.25) is 0 Å². The number of nitrogens with zero attached hydrogens (tertiary/aromatic N) is 2. The second-order valence-corrected chi connectivity index (χ2v) is 7.32. The van der Waals surface area contributed by atoms with E-state index in [-0.39, 0.29) is 12.2 Å². The van der Waals surface area contributed by atoms with Crippen LogP contribution < -0.4 is 5.73 Å². The van der Waals surface area contributed by atoms with E-state index in [4.69, 9.17) is 10.3 Å². The Labute approximate surface area is 124 Å². The van der Waals surface area contributed by atoms with Crippen LogP contribution in [0, 0.1) is 0 Å². The van der Waals surface area contributed by atoms with Gasteiger partial charge in [0.2, 0.25) is 5.89 Å². The number of rotatable bonds is 7. The van der Waals surface area contributed by atoms with Crippen molar-refractivity contribution in [3.63, 3.8) is 0 Å². The Morgan fingerprint density at radius 1 is 1.24 bits per heavy atom. The summed E-state index contributed by atoms with van der Waals surface area (Å²) in [6.07, 6.45) is 2.93. The molecule has 114 valence electrons. The SMILES string of the molecule is CS(=O)(=O)CCC(N)c1nc(CCc2ccccc2)no1. The van der Waals surface area contributed by atoms with E-state index in [1.807, 2.05) is 30.3 Å². The zero-order valence-corrected chi connectivity index (χ0v) is 12.7. The van der Waals surface area contributed by atoms with E-state index in [1.54, 1.807) is 0 Å². The molecule has 2 N–H and O–H groups in total. The van der Waals surface area contributed by atoms with Crippen LogP contribution >= 0.6 is 0 Å². The maximum atomic E-state index is 11.1. The number of nitrogens with two attached hydrogens (primary N) is 1. The molecule has 1 unspecified atom stereocenters. The van der Waals surface area contributed by atoms with Gasteiger partial charge >= 0.3 is 0 Å². The summed E-state index contributed by atoms with van der Waals surface area (Å²) < 4.78 is 27.3. The molecule has 1 atom stereocenters. The first-order valence-corrected chi connectivity index (χ1v) is 8.80. The Morgan fingerprint density at radius 3 is 2.62 bits per heavy atom. The first kappa shape index (κ1) is 15.7. The van der Waals surface area contributed by atoms with E-state index in [2.05, 4.69) is 10.1 Å². The molecule has 21 heavy (non-hydrogen) atoms. The van der Waals surface area contributed by atoms with E-state index in [1.165, 1.54) is 11.8 Å². The number of hydrogen-bond donors (Lipinski definition) is 1. The van der Waals surface area contributed by atoms with Crippen molar-refractivity contribution in [2.45, 2.75) is 25.3 Å². The molecule has 0 fully saturated rings. The third kappa shape index (κ3) is 5.28. The van der Waals surface area contributed by atoms with Crippen LogP contribution in [0.3, 0.4) is 0 Å². The van der Waals surface area contributed by atoms with Crippen LogP contribution in [-0.4, -0.2) is 30.6 Å². The largest absolute Gasteiger partial charge is 0.338 e. The first-order chi connectivity index (χ1) is 9.94. The van der Waals surface area contributed by atoms with Crippen molar-refractivity contribution in [3.05, 3.63) is 47.6 Å². The second-order valence-electron chi connectivity index (χ2n) is 5.06. The topological polar surface area (TPSA) is 99.1 Å². The minimum atomic E-state index is -3.04. The molecule has 0 saturated carbocycles. The highest BCUT2D eigenvalue weighted by atomic mass is 32.2. The maximum Gasteiger partial charge on any atom is 0.243 e. The standard InChI is InChI=1S/C14H19N3O3S/c1-21(18,19)10-9-12(15)14-16-13(17-20-14)8-7-11-5-3-2-4-6-11/h2-6,12H,7-10,15H2,1H3. The lowest BCUT2D eigenvalue weighted by molar-refractivity contribution is 0.348. The van der Waals surface area contributed by atoms with E-state index in [0.29, 0.717) is 18.1 Å².